The molecule has 2 rings (SSSR count). The van der Waals surface area contributed by atoms with Crippen molar-refractivity contribution in [3.05, 3.63) is 35.9 Å². The molecular formula is C14H20N2OS. The molecule has 2 unspecified atom stereocenters. The van der Waals surface area contributed by atoms with Crippen LogP contribution in [0.25, 0.3) is 0 Å². The van der Waals surface area contributed by atoms with Crippen molar-refractivity contribution in [3.63, 3.8) is 0 Å². The summed E-state index contributed by atoms with van der Waals surface area (Å²) in [5.41, 5.74) is 1.18. The summed E-state index contributed by atoms with van der Waals surface area (Å²) in [5.74, 6) is 2.17. The van der Waals surface area contributed by atoms with Crippen molar-refractivity contribution in [1.29, 1.82) is 0 Å². The van der Waals surface area contributed by atoms with E-state index in [9.17, 15) is 4.79 Å². The molecule has 4 heteroatoms. The first-order valence-electron chi connectivity index (χ1n) is 6.33. The Balaban J connectivity index is 2.01. The maximum absolute atomic E-state index is 12.4. The third kappa shape index (κ3) is 3.06. The standard InChI is InChI=1S/C14H20N2OS/c1-11(12-6-4-3-5-7-12)16(2)14(17)13-10-18-9-8-15-13/h3-7,11,13,15H,8-10H2,1-2H3. The number of carbonyl (C=O) groups excluding carboxylic acids is 1. The lowest BCUT2D eigenvalue weighted by atomic mass is 10.1. The summed E-state index contributed by atoms with van der Waals surface area (Å²) in [7, 11) is 1.89. The minimum atomic E-state index is -0.0279. The van der Waals surface area contributed by atoms with Crippen molar-refractivity contribution in [1.82, 2.24) is 10.2 Å². The molecule has 1 aromatic rings. The predicted molar refractivity (Wildman–Crippen MR) is 76.7 cm³/mol. The number of likely N-dealkylation sites (N-methyl/N-ethyl adjacent to an activating group) is 1. The van der Waals surface area contributed by atoms with Crippen LogP contribution in [0.5, 0.6) is 0 Å². The van der Waals surface area contributed by atoms with Crippen molar-refractivity contribution >= 4 is 17.7 Å². The first kappa shape index (κ1) is 13.4. The zero-order valence-electron chi connectivity index (χ0n) is 10.9. The van der Waals surface area contributed by atoms with Crippen LogP contribution < -0.4 is 5.32 Å². The Morgan fingerprint density at radius 1 is 1.44 bits per heavy atom. The lowest BCUT2D eigenvalue weighted by Gasteiger charge is -2.31. The number of rotatable bonds is 3. The molecule has 0 aliphatic carbocycles. The number of carbonyl (C=O) groups is 1. The number of thioether (sulfide) groups is 1. The molecular weight excluding hydrogens is 244 g/mol. The second-order valence-electron chi connectivity index (χ2n) is 4.62. The van der Waals surface area contributed by atoms with Gasteiger partial charge in [0.05, 0.1) is 12.1 Å². The zero-order valence-corrected chi connectivity index (χ0v) is 11.7. The Bertz CT molecular complexity index is 390. The summed E-state index contributed by atoms with van der Waals surface area (Å²) in [6.45, 7) is 3.00. The van der Waals surface area contributed by atoms with Gasteiger partial charge in [-0.3, -0.25) is 4.79 Å². The molecule has 1 saturated heterocycles. The number of nitrogens with zero attached hydrogens (tertiary/aromatic N) is 1. The van der Waals surface area contributed by atoms with Gasteiger partial charge in [-0.05, 0) is 12.5 Å². The normalized spacial score (nSPS) is 21.3. The summed E-state index contributed by atoms with van der Waals surface area (Å²) in [5, 5.41) is 3.29. The molecule has 1 fully saturated rings. The molecule has 1 aliphatic rings. The first-order chi connectivity index (χ1) is 8.70. The minimum absolute atomic E-state index is 0.0279. The highest BCUT2D eigenvalue weighted by molar-refractivity contribution is 7.99. The van der Waals surface area contributed by atoms with E-state index in [0.717, 1.165) is 18.1 Å². The van der Waals surface area contributed by atoms with Gasteiger partial charge < -0.3 is 10.2 Å². The van der Waals surface area contributed by atoms with E-state index in [1.54, 1.807) is 0 Å². The second kappa shape index (κ2) is 6.25. The summed E-state index contributed by atoms with van der Waals surface area (Å²) in [6.07, 6.45) is 0. The Morgan fingerprint density at radius 3 is 2.78 bits per heavy atom. The molecule has 0 spiro atoms. The molecule has 3 nitrogen and oxygen atoms in total. The fourth-order valence-corrected chi connectivity index (χ4v) is 3.04. The summed E-state index contributed by atoms with van der Waals surface area (Å²) in [4.78, 5) is 14.2. The highest BCUT2D eigenvalue weighted by atomic mass is 32.2. The smallest absolute Gasteiger partial charge is 0.240 e. The fourth-order valence-electron chi connectivity index (χ4n) is 2.12. The Labute approximate surface area is 113 Å². The second-order valence-corrected chi connectivity index (χ2v) is 5.77. The Morgan fingerprint density at radius 2 is 2.17 bits per heavy atom. The summed E-state index contributed by atoms with van der Waals surface area (Å²) < 4.78 is 0. The van der Waals surface area contributed by atoms with E-state index in [4.69, 9.17) is 0 Å². The van der Waals surface area contributed by atoms with Crippen LogP contribution in [-0.4, -0.2) is 41.9 Å². The largest absolute Gasteiger partial charge is 0.338 e. The maximum atomic E-state index is 12.4. The fraction of sp³-hybridized carbons (Fsp3) is 0.500. The average Bonchev–Trinajstić information content (AvgIpc) is 2.47. The number of hydrogen-bond donors (Lipinski definition) is 1. The lowest BCUT2D eigenvalue weighted by Crippen LogP contribution is -2.49. The van der Waals surface area contributed by atoms with Crippen LogP contribution in [0.1, 0.15) is 18.5 Å². The molecule has 1 heterocycles. The lowest BCUT2D eigenvalue weighted by molar-refractivity contribution is -0.133. The Kier molecular flexibility index (Phi) is 4.66. The number of benzene rings is 1. The topological polar surface area (TPSA) is 32.3 Å². The van der Waals surface area contributed by atoms with Crippen LogP contribution in [0.3, 0.4) is 0 Å². The van der Waals surface area contributed by atoms with Crippen molar-refractivity contribution in [2.24, 2.45) is 0 Å². The molecule has 18 heavy (non-hydrogen) atoms. The maximum Gasteiger partial charge on any atom is 0.240 e. The van der Waals surface area contributed by atoms with Gasteiger partial charge in [0.2, 0.25) is 5.91 Å². The Hall–Kier alpha value is -1.000. The van der Waals surface area contributed by atoms with Crippen LogP contribution >= 0.6 is 11.8 Å². The van der Waals surface area contributed by atoms with Crippen molar-refractivity contribution in [2.45, 2.75) is 19.0 Å². The van der Waals surface area contributed by atoms with E-state index in [0.29, 0.717) is 0 Å². The number of hydrogen-bond acceptors (Lipinski definition) is 3. The number of nitrogens with one attached hydrogen (secondary N) is 1. The molecule has 1 aliphatic heterocycles. The summed E-state index contributed by atoms with van der Waals surface area (Å²) in [6, 6.07) is 10.2. The molecule has 0 radical (unpaired) electrons. The SMILES string of the molecule is CC(c1ccccc1)N(C)C(=O)C1CSCCN1. The molecule has 0 aromatic heterocycles. The van der Waals surface area contributed by atoms with E-state index < -0.39 is 0 Å². The van der Waals surface area contributed by atoms with E-state index in [-0.39, 0.29) is 18.0 Å². The van der Waals surface area contributed by atoms with Crippen molar-refractivity contribution in [2.75, 3.05) is 25.1 Å². The van der Waals surface area contributed by atoms with E-state index in [1.807, 2.05) is 41.9 Å². The predicted octanol–water partition coefficient (Wildman–Crippen LogP) is 1.91. The highest BCUT2D eigenvalue weighted by Gasteiger charge is 2.26. The van der Waals surface area contributed by atoms with Crippen LogP contribution in [0.15, 0.2) is 30.3 Å². The molecule has 98 valence electrons. The summed E-state index contributed by atoms with van der Waals surface area (Å²) >= 11 is 1.85. The third-order valence-corrected chi connectivity index (χ3v) is 4.49. The average molecular weight is 264 g/mol. The van der Waals surface area contributed by atoms with Gasteiger partial charge >= 0.3 is 0 Å². The van der Waals surface area contributed by atoms with Gasteiger partial charge in [0, 0.05) is 25.1 Å². The molecule has 0 bridgehead atoms. The first-order valence-corrected chi connectivity index (χ1v) is 7.48. The van der Waals surface area contributed by atoms with Crippen LogP contribution in [0.4, 0.5) is 0 Å². The van der Waals surface area contributed by atoms with Gasteiger partial charge in [-0.2, -0.15) is 11.8 Å². The van der Waals surface area contributed by atoms with Crippen LogP contribution in [0, 0.1) is 0 Å². The van der Waals surface area contributed by atoms with Gasteiger partial charge in [-0.25, -0.2) is 0 Å². The van der Waals surface area contributed by atoms with E-state index in [1.165, 1.54) is 5.56 Å². The van der Waals surface area contributed by atoms with Gasteiger partial charge in [0.25, 0.3) is 0 Å². The van der Waals surface area contributed by atoms with Gasteiger partial charge in [0.1, 0.15) is 0 Å². The van der Waals surface area contributed by atoms with Crippen molar-refractivity contribution < 1.29 is 4.79 Å². The van der Waals surface area contributed by atoms with E-state index >= 15 is 0 Å². The molecule has 2 atom stereocenters. The molecule has 1 amide bonds. The van der Waals surface area contributed by atoms with Gasteiger partial charge in [0.15, 0.2) is 0 Å². The number of amides is 1. The zero-order chi connectivity index (χ0) is 13.0. The van der Waals surface area contributed by atoms with E-state index in [2.05, 4.69) is 24.4 Å². The van der Waals surface area contributed by atoms with Crippen LogP contribution in [0.2, 0.25) is 0 Å². The van der Waals surface area contributed by atoms with Crippen LogP contribution in [-0.2, 0) is 4.79 Å². The molecule has 1 N–H and O–H groups in total. The highest BCUT2D eigenvalue weighted by Crippen LogP contribution is 2.20. The van der Waals surface area contributed by atoms with Gasteiger partial charge in [-0.15, -0.1) is 0 Å². The minimum Gasteiger partial charge on any atom is -0.338 e. The quantitative estimate of drug-likeness (QED) is 0.905. The monoisotopic (exact) mass is 264 g/mol. The van der Waals surface area contributed by atoms with Gasteiger partial charge in [-0.1, -0.05) is 30.3 Å². The van der Waals surface area contributed by atoms with Crippen molar-refractivity contribution in [3.8, 4) is 0 Å². The third-order valence-electron chi connectivity index (χ3n) is 3.43. The molecule has 1 aromatic carbocycles. The molecule has 0 saturated carbocycles.